The van der Waals surface area contributed by atoms with Gasteiger partial charge in [0.2, 0.25) is 0 Å². The van der Waals surface area contributed by atoms with Gasteiger partial charge in [0, 0.05) is 0 Å². The summed E-state index contributed by atoms with van der Waals surface area (Å²) in [6, 6.07) is 10.2. The third kappa shape index (κ3) is 3.02. The van der Waals surface area contributed by atoms with Crippen LogP contribution in [-0.4, -0.2) is 12.1 Å². The van der Waals surface area contributed by atoms with E-state index in [-0.39, 0.29) is 6.61 Å². The molecule has 0 spiro atoms. The van der Waals surface area contributed by atoms with Gasteiger partial charge in [-0.1, -0.05) is 25.5 Å². The third-order valence-corrected chi connectivity index (χ3v) is 3.45. The maximum absolute atomic E-state index is 9.13. The van der Waals surface area contributed by atoms with E-state index in [1.807, 2.05) is 12.1 Å². The van der Waals surface area contributed by atoms with Crippen LogP contribution in [0.15, 0.2) is 24.3 Å². The number of hydrogen-bond acceptors (Lipinski definition) is 3. The molecular weight excluding hydrogens is 224 g/mol. The van der Waals surface area contributed by atoms with Crippen molar-refractivity contribution in [1.82, 2.24) is 0 Å². The van der Waals surface area contributed by atoms with Gasteiger partial charge in [-0.15, -0.1) is 0 Å². The van der Waals surface area contributed by atoms with E-state index in [1.165, 1.54) is 5.56 Å². The van der Waals surface area contributed by atoms with E-state index < -0.39 is 5.54 Å². The second-order valence-electron chi connectivity index (χ2n) is 5.11. The maximum Gasteiger partial charge on any atom is 0.141 e. The molecule has 0 aromatic heterocycles. The summed E-state index contributed by atoms with van der Waals surface area (Å²) in [6.07, 6.45) is 4.31. The fourth-order valence-electron chi connectivity index (χ4n) is 2.08. The quantitative estimate of drug-likeness (QED) is 0.837. The third-order valence-electron chi connectivity index (χ3n) is 3.45. The van der Waals surface area contributed by atoms with Crippen LogP contribution in [0.25, 0.3) is 0 Å². The number of rotatable bonds is 6. The first-order valence-electron chi connectivity index (χ1n) is 6.60. The van der Waals surface area contributed by atoms with Crippen LogP contribution in [0.1, 0.15) is 31.7 Å². The first-order chi connectivity index (χ1) is 8.68. The molecule has 1 aromatic carbocycles. The maximum atomic E-state index is 9.13. The zero-order chi connectivity index (χ0) is 13.0. The smallest absolute Gasteiger partial charge is 0.141 e. The second kappa shape index (κ2) is 5.41. The van der Waals surface area contributed by atoms with Gasteiger partial charge in [0.05, 0.1) is 6.07 Å². The summed E-state index contributed by atoms with van der Waals surface area (Å²) < 4.78 is 5.65. The Morgan fingerprint density at radius 2 is 2.06 bits per heavy atom. The molecule has 0 aliphatic heterocycles. The number of aryl methyl sites for hydroxylation is 1. The van der Waals surface area contributed by atoms with E-state index in [1.54, 1.807) is 0 Å². The van der Waals surface area contributed by atoms with Gasteiger partial charge in [-0.3, -0.25) is 0 Å². The van der Waals surface area contributed by atoms with Crippen molar-refractivity contribution in [2.75, 3.05) is 6.61 Å². The molecule has 0 radical (unpaired) electrons. The van der Waals surface area contributed by atoms with E-state index in [9.17, 15) is 0 Å². The Kier molecular flexibility index (Phi) is 3.88. The summed E-state index contributed by atoms with van der Waals surface area (Å²) in [6.45, 7) is 2.44. The van der Waals surface area contributed by atoms with Gasteiger partial charge < -0.3 is 10.5 Å². The predicted octanol–water partition coefficient (Wildman–Crippen LogP) is 2.65. The second-order valence-corrected chi connectivity index (χ2v) is 5.11. The Hall–Kier alpha value is -1.53. The molecule has 0 saturated heterocycles. The first-order valence-corrected chi connectivity index (χ1v) is 6.60. The van der Waals surface area contributed by atoms with E-state index in [0.29, 0.717) is 5.92 Å². The van der Waals surface area contributed by atoms with Gasteiger partial charge in [-0.25, -0.2) is 0 Å². The lowest BCUT2D eigenvalue weighted by molar-refractivity contribution is 0.237. The Labute approximate surface area is 109 Å². The van der Waals surface area contributed by atoms with Gasteiger partial charge in [-0.2, -0.15) is 5.26 Å². The average Bonchev–Trinajstić information content (AvgIpc) is 3.23. The van der Waals surface area contributed by atoms with Gasteiger partial charge in [0.1, 0.15) is 17.9 Å². The molecular formula is C15H20N2O. The SMILES string of the molecule is CCCc1ccc(OCC(N)(C#N)C2CC2)cc1. The van der Waals surface area contributed by atoms with Crippen LogP contribution in [-0.2, 0) is 6.42 Å². The van der Waals surface area contributed by atoms with Gasteiger partial charge in [0.15, 0.2) is 0 Å². The van der Waals surface area contributed by atoms with Crippen LogP contribution in [0.2, 0.25) is 0 Å². The van der Waals surface area contributed by atoms with Gasteiger partial charge in [-0.05, 0) is 42.9 Å². The van der Waals surface area contributed by atoms with Crippen molar-refractivity contribution in [2.45, 2.75) is 38.1 Å². The molecule has 1 unspecified atom stereocenters. The summed E-state index contributed by atoms with van der Waals surface area (Å²) >= 11 is 0. The van der Waals surface area contributed by atoms with Gasteiger partial charge in [0.25, 0.3) is 0 Å². The van der Waals surface area contributed by atoms with E-state index in [2.05, 4.69) is 25.1 Å². The Morgan fingerprint density at radius 1 is 1.39 bits per heavy atom. The van der Waals surface area contributed by atoms with Crippen LogP contribution in [0.5, 0.6) is 5.75 Å². The molecule has 3 nitrogen and oxygen atoms in total. The normalized spacial score (nSPS) is 17.8. The highest BCUT2D eigenvalue weighted by Crippen LogP contribution is 2.38. The van der Waals surface area contributed by atoms with Crippen LogP contribution in [0, 0.1) is 17.2 Å². The average molecular weight is 244 g/mol. The molecule has 1 saturated carbocycles. The van der Waals surface area contributed by atoms with Crippen LogP contribution >= 0.6 is 0 Å². The molecule has 1 aliphatic carbocycles. The molecule has 0 amide bonds. The summed E-state index contributed by atoms with van der Waals surface area (Å²) in [7, 11) is 0. The van der Waals surface area contributed by atoms with E-state index in [4.69, 9.17) is 15.7 Å². The molecule has 18 heavy (non-hydrogen) atoms. The molecule has 1 aromatic rings. The van der Waals surface area contributed by atoms with Crippen LogP contribution in [0.3, 0.4) is 0 Å². The molecule has 1 fully saturated rings. The minimum absolute atomic E-state index is 0.279. The van der Waals surface area contributed by atoms with Crippen molar-refractivity contribution in [3.8, 4) is 11.8 Å². The summed E-state index contributed by atoms with van der Waals surface area (Å²) in [4.78, 5) is 0. The molecule has 3 heteroatoms. The lowest BCUT2D eigenvalue weighted by atomic mass is 9.98. The largest absolute Gasteiger partial charge is 0.491 e. The zero-order valence-electron chi connectivity index (χ0n) is 10.9. The zero-order valence-corrected chi connectivity index (χ0v) is 10.9. The van der Waals surface area contributed by atoms with E-state index >= 15 is 0 Å². The first kappa shape index (κ1) is 12.9. The summed E-state index contributed by atoms with van der Waals surface area (Å²) in [5.41, 5.74) is 6.54. The number of nitrogens with zero attached hydrogens (tertiary/aromatic N) is 1. The highest BCUT2D eigenvalue weighted by molar-refractivity contribution is 5.28. The number of benzene rings is 1. The van der Waals surface area contributed by atoms with Crippen LogP contribution < -0.4 is 10.5 Å². The molecule has 2 N–H and O–H groups in total. The van der Waals surface area contributed by atoms with Crippen molar-refractivity contribution in [3.63, 3.8) is 0 Å². The topological polar surface area (TPSA) is 59.0 Å². The van der Waals surface area contributed by atoms with Crippen molar-refractivity contribution in [1.29, 1.82) is 5.26 Å². The molecule has 96 valence electrons. The Bertz CT molecular complexity index is 431. The highest BCUT2D eigenvalue weighted by atomic mass is 16.5. The lowest BCUT2D eigenvalue weighted by Crippen LogP contribution is -2.46. The molecule has 0 bridgehead atoms. The number of nitriles is 1. The standard InChI is InChI=1S/C15H20N2O/c1-2-3-12-4-8-14(9-5-12)18-11-15(17,10-16)13-6-7-13/h4-5,8-9,13H,2-3,6-7,11,17H2,1H3. The fraction of sp³-hybridized carbons (Fsp3) is 0.533. The van der Waals surface area contributed by atoms with Crippen molar-refractivity contribution in [2.24, 2.45) is 11.7 Å². The fourth-order valence-corrected chi connectivity index (χ4v) is 2.08. The van der Waals surface area contributed by atoms with Crippen molar-refractivity contribution in [3.05, 3.63) is 29.8 Å². The summed E-state index contributed by atoms with van der Waals surface area (Å²) in [5.74, 6) is 1.10. The monoisotopic (exact) mass is 244 g/mol. The molecule has 1 atom stereocenters. The molecule has 1 aliphatic rings. The van der Waals surface area contributed by atoms with Gasteiger partial charge >= 0.3 is 0 Å². The van der Waals surface area contributed by atoms with Crippen LogP contribution in [0.4, 0.5) is 0 Å². The molecule has 2 rings (SSSR count). The number of hydrogen-bond donors (Lipinski definition) is 1. The summed E-state index contributed by atoms with van der Waals surface area (Å²) in [5, 5.41) is 9.13. The highest BCUT2D eigenvalue weighted by Gasteiger charge is 2.43. The Balaban J connectivity index is 1.91. The minimum atomic E-state index is -0.817. The molecule has 0 heterocycles. The van der Waals surface area contributed by atoms with E-state index in [0.717, 1.165) is 31.4 Å². The van der Waals surface area contributed by atoms with Crippen molar-refractivity contribution < 1.29 is 4.74 Å². The number of nitrogens with two attached hydrogens (primary N) is 1. The lowest BCUT2D eigenvalue weighted by Gasteiger charge is -2.21. The minimum Gasteiger partial charge on any atom is -0.491 e. The van der Waals surface area contributed by atoms with Crippen molar-refractivity contribution >= 4 is 0 Å². The predicted molar refractivity (Wildman–Crippen MR) is 71.2 cm³/mol. The number of ether oxygens (including phenoxy) is 1. The Morgan fingerprint density at radius 3 is 2.56 bits per heavy atom.